The summed E-state index contributed by atoms with van der Waals surface area (Å²) in [5.74, 6) is 3.11. The molecule has 2 unspecified atom stereocenters. The van der Waals surface area contributed by atoms with Crippen LogP contribution in [0.2, 0.25) is 0 Å². The van der Waals surface area contributed by atoms with Crippen LogP contribution in [-0.2, 0) is 4.74 Å². The second-order valence-corrected chi connectivity index (χ2v) is 8.00. The molecule has 2 heteroatoms. The molecule has 23 heavy (non-hydrogen) atoms. The van der Waals surface area contributed by atoms with E-state index in [1.54, 1.807) is 19.3 Å². The average molecular weight is 320 g/mol. The molecule has 0 aromatic carbocycles. The van der Waals surface area contributed by atoms with Gasteiger partial charge in [0.2, 0.25) is 0 Å². The Labute approximate surface area is 141 Å². The first-order valence-corrected chi connectivity index (χ1v) is 9.74. The molecule has 2 atom stereocenters. The maximum absolute atomic E-state index is 14.6. The normalized spacial score (nSPS) is 44.4. The van der Waals surface area contributed by atoms with Crippen molar-refractivity contribution in [3.8, 4) is 0 Å². The highest BCUT2D eigenvalue weighted by Gasteiger charge is 2.46. The highest BCUT2D eigenvalue weighted by atomic mass is 19.1. The molecule has 0 aliphatic heterocycles. The highest BCUT2D eigenvalue weighted by Crippen LogP contribution is 2.46. The maximum atomic E-state index is 14.6. The van der Waals surface area contributed by atoms with E-state index in [2.05, 4.69) is 6.92 Å². The first kappa shape index (κ1) is 17.2. The molecule has 3 aliphatic carbocycles. The summed E-state index contributed by atoms with van der Waals surface area (Å²) in [4.78, 5) is 0. The SMILES string of the molecule is CCC1CCC(C2CCC(C3(OC)C=CC=CC3F)CC2)CC1. The van der Waals surface area contributed by atoms with Gasteiger partial charge in [0.15, 0.2) is 6.17 Å². The second-order valence-electron chi connectivity index (χ2n) is 8.00. The molecular weight excluding hydrogens is 287 g/mol. The summed E-state index contributed by atoms with van der Waals surface area (Å²) in [6.45, 7) is 2.33. The van der Waals surface area contributed by atoms with Gasteiger partial charge in [0.25, 0.3) is 0 Å². The van der Waals surface area contributed by atoms with Gasteiger partial charge in [0.1, 0.15) is 5.60 Å². The quantitative estimate of drug-likeness (QED) is 0.630. The summed E-state index contributed by atoms with van der Waals surface area (Å²) in [7, 11) is 1.67. The van der Waals surface area contributed by atoms with Crippen LogP contribution in [0.1, 0.15) is 64.7 Å². The smallest absolute Gasteiger partial charge is 0.151 e. The van der Waals surface area contributed by atoms with E-state index in [1.165, 1.54) is 44.9 Å². The second kappa shape index (κ2) is 7.51. The summed E-state index contributed by atoms with van der Waals surface area (Å²) in [5, 5.41) is 0. The fraction of sp³-hybridized carbons (Fsp3) is 0.810. The van der Waals surface area contributed by atoms with Crippen molar-refractivity contribution in [2.45, 2.75) is 76.5 Å². The van der Waals surface area contributed by atoms with Gasteiger partial charge >= 0.3 is 0 Å². The van der Waals surface area contributed by atoms with Gasteiger partial charge in [-0.25, -0.2) is 4.39 Å². The largest absolute Gasteiger partial charge is 0.370 e. The summed E-state index contributed by atoms with van der Waals surface area (Å²) in [5.41, 5.74) is -0.709. The summed E-state index contributed by atoms with van der Waals surface area (Å²) in [6.07, 6.45) is 18.2. The van der Waals surface area contributed by atoms with Crippen LogP contribution in [0.25, 0.3) is 0 Å². The Morgan fingerprint density at radius 1 is 0.957 bits per heavy atom. The fourth-order valence-electron chi connectivity index (χ4n) is 5.43. The number of methoxy groups -OCH3 is 1. The van der Waals surface area contributed by atoms with E-state index in [0.29, 0.717) is 5.92 Å². The Bertz CT molecular complexity index is 427. The zero-order valence-electron chi connectivity index (χ0n) is 14.8. The van der Waals surface area contributed by atoms with E-state index in [0.717, 1.165) is 30.6 Å². The molecule has 0 bridgehead atoms. The van der Waals surface area contributed by atoms with Crippen molar-refractivity contribution < 1.29 is 9.13 Å². The van der Waals surface area contributed by atoms with Crippen molar-refractivity contribution in [1.82, 2.24) is 0 Å². The first-order valence-electron chi connectivity index (χ1n) is 9.74. The van der Waals surface area contributed by atoms with Crippen molar-refractivity contribution in [2.24, 2.45) is 23.7 Å². The highest BCUT2D eigenvalue weighted by molar-refractivity contribution is 5.25. The van der Waals surface area contributed by atoms with Gasteiger partial charge in [-0.2, -0.15) is 0 Å². The molecule has 2 fully saturated rings. The minimum atomic E-state index is -1.00. The van der Waals surface area contributed by atoms with Crippen LogP contribution in [0.3, 0.4) is 0 Å². The zero-order valence-corrected chi connectivity index (χ0v) is 14.8. The number of hydrogen-bond acceptors (Lipinski definition) is 1. The third kappa shape index (κ3) is 3.43. The van der Waals surface area contributed by atoms with Crippen molar-refractivity contribution >= 4 is 0 Å². The van der Waals surface area contributed by atoms with Crippen molar-refractivity contribution in [1.29, 1.82) is 0 Å². The molecule has 0 radical (unpaired) electrons. The first-order chi connectivity index (χ1) is 11.2. The molecule has 3 aliphatic rings. The lowest BCUT2D eigenvalue weighted by Crippen LogP contribution is -2.48. The molecule has 3 rings (SSSR count). The number of halogens is 1. The van der Waals surface area contributed by atoms with Gasteiger partial charge in [-0.1, -0.05) is 38.3 Å². The van der Waals surface area contributed by atoms with Crippen LogP contribution in [0, 0.1) is 23.7 Å². The third-order valence-electron chi connectivity index (χ3n) is 7.08. The number of alkyl halides is 1. The minimum absolute atomic E-state index is 0.326. The van der Waals surface area contributed by atoms with Gasteiger partial charge in [-0.15, -0.1) is 0 Å². The lowest BCUT2D eigenvalue weighted by Gasteiger charge is -2.45. The van der Waals surface area contributed by atoms with Crippen molar-refractivity contribution in [3.05, 3.63) is 24.3 Å². The van der Waals surface area contributed by atoms with E-state index in [9.17, 15) is 4.39 Å². The van der Waals surface area contributed by atoms with Gasteiger partial charge in [-0.05, 0) is 74.3 Å². The van der Waals surface area contributed by atoms with E-state index in [1.807, 2.05) is 12.2 Å². The molecule has 1 nitrogen and oxygen atoms in total. The number of rotatable bonds is 4. The molecule has 0 aromatic rings. The van der Waals surface area contributed by atoms with Crippen molar-refractivity contribution in [2.75, 3.05) is 7.11 Å². The summed E-state index contributed by atoms with van der Waals surface area (Å²) < 4.78 is 20.3. The molecule has 0 saturated heterocycles. The van der Waals surface area contributed by atoms with Crippen LogP contribution < -0.4 is 0 Å². The number of allylic oxidation sites excluding steroid dienone is 2. The Kier molecular flexibility index (Phi) is 5.61. The Hall–Kier alpha value is -0.630. The van der Waals surface area contributed by atoms with E-state index < -0.39 is 11.8 Å². The molecule has 130 valence electrons. The Balaban J connectivity index is 1.56. The van der Waals surface area contributed by atoms with Crippen LogP contribution in [0.5, 0.6) is 0 Å². The van der Waals surface area contributed by atoms with Gasteiger partial charge in [-0.3, -0.25) is 0 Å². The van der Waals surface area contributed by atoms with Crippen LogP contribution >= 0.6 is 0 Å². The van der Waals surface area contributed by atoms with E-state index in [-0.39, 0.29) is 0 Å². The van der Waals surface area contributed by atoms with Crippen LogP contribution in [-0.4, -0.2) is 18.9 Å². The molecule has 0 aromatic heterocycles. The maximum Gasteiger partial charge on any atom is 0.151 e. The number of hydrogen-bond donors (Lipinski definition) is 0. The molecule has 0 amide bonds. The van der Waals surface area contributed by atoms with Gasteiger partial charge in [0.05, 0.1) is 0 Å². The van der Waals surface area contributed by atoms with Crippen LogP contribution in [0.4, 0.5) is 4.39 Å². The topological polar surface area (TPSA) is 9.23 Å². The summed E-state index contributed by atoms with van der Waals surface area (Å²) in [6, 6.07) is 0. The predicted octanol–water partition coefficient (Wildman–Crippen LogP) is 5.86. The lowest BCUT2D eigenvalue weighted by molar-refractivity contribution is -0.0770. The lowest BCUT2D eigenvalue weighted by atomic mass is 9.65. The van der Waals surface area contributed by atoms with E-state index >= 15 is 0 Å². The van der Waals surface area contributed by atoms with Gasteiger partial charge in [0, 0.05) is 7.11 Å². The Morgan fingerprint density at radius 3 is 2.09 bits per heavy atom. The molecule has 0 heterocycles. The fourth-order valence-corrected chi connectivity index (χ4v) is 5.43. The number of ether oxygens (including phenoxy) is 1. The van der Waals surface area contributed by atoms with Crippen LogP contribution in [0.15, 0.2) is 24.3 Å². The summed E-state index contributed by atoms with van der Waals surface area (Å²) >= 11 is 0. The minimum Gasteiger partial charge on any atom is -0.370 e. The molecule has 0 spiro atoms. The average Bonchev–Trinajstić information content (AvgIpc) is 2.63. The molecular formula is C21H33FO. The van der Waals surface area contributed by atoms with E-state index in [4.69, 9.17) is 4.74 Å². The van der Waals surface area contributed by atoms with Gasteiger partial charge < -0.3 is 4.74 Å². The molecule has 0 N–H and O–H groups in total. The standard InChI is InChI=1S/C21H33FO/c1-3-16-7-9-17(10-8-16)18-11-13-19(14-12-18)21(23-2)15-5-4-6-20(21)22/h4-6,15-20H,3,7-14H2,1-2H3. The molecule has 2 saturated carbocycles. The Morgan fingerprint density at radius 2 is 1.57 bits per heavy atom. The predicted molar refractivity (Wildman–Crippen MR) is 94.1 cm³/mol. The van der Waals surface area contributed by atoms with Crippen molar-refractivity contribution in [3.63, 3.8) is 0 Å². The monoisotopic (exact) mass is 320 g/mol. The third-order valence-corrected chi connectivity index (χ3v) is 7.08. The zero-order chi connectivity index (χ0) is 16.3.